The summed E-state index contributed by atoms with van der Waals surface area (Å²) in [6, 6.07) is 22.9. The molecule has 8 heteroatoms. The molecular weight excluding hydrogens is 480 g/mol. The number of hydrazine groups is 1. The van der Waals surface area contributed by atoms with Crippen LogP contribution in [0.1, 0.15) is 37.8 Å². The summed E-state index contributed by atoms with van der Waals surface area (Å²) >= 11 is 0. The molecule has 0 spiro atoms. The van der Waals surface area contributed by atoms with E-state index in [1.165, 1.54) is 7.11 Å². The smallest absolute Gasteiger partial charge is 0.407 e. The Morgan fingerprint density at radius 2 is 1.68 bits per heavy atom. The number of nitrogens with zero attached hydrogens (tertiary/aromatic N) is 2. The van der Waals surface area contributed by atoms with E-state index in [1.54, 1.807) is 11.2 Å². The summed E-state index contributed by atoms with van der Waals surface area (Å²) in [5.74, 6) is -0.184. The predicted octanol–water partition coefficient (Wildman–Crippen LogP) is 4.35. The minimum absolute atomic E-state index is 0.173. The van der Waals surface area contributed by atoms with Gasteiger partial charge in [0.25, 0.3) is 5.91 Å². The van der Waals surface area contributed by atoms with Gasteiger partial charge in [-0.15, -0.1) is 0 Å². The molecule has 0 saturated heterocycles. The molecule has 3 aromatic rings. The number of carbonyl (C=O) groups is 2. The number of alkyl carbamates (subject to hydrolysis) is 1. The maximum atomic E-state index is 13.2. The van der Waals surface area contributed by atoms with Crippen LogP contribution in [0.15, 0.2) is 79.0 Å². The summed E-state index contributed by atoms with van der Waals surface area (Å²) in [6.45, 7) is 4.57. The molecule has 1 heterocycles. The van der Waals surface area contributed by atoms with Gasteiger partial charge < -0.3 is 15.2 Å². The van der Waals surface area contributed by atoms with Crippen LogP contribution in [-0.2, 0) is 22.5 Å². The van der Waals surface area contributed by atoms with Crippen molar-refractivity contribution in [3.05, 3.63) is 90.1 Å². The van der Waals surface area contributed by atoms with Crippen LogP contribution < -0.4 is 10.7 Å². The fourth-order valence-electron chi connectivity index (χ4n) is 4.15. The second kappa shape index (κ2) is 14.9. The molecule has 0 unspecified atom stereocenters. The Labute approximate surface area is 225 Å². The van der Waals surface area contributed by atoms with Gasteiger partial charge in [-0.25, -0.2) is 9.80 Å². The molecule has 8 nitrogen and oxygen atoms in total. The van der Waals surface area contributed by atoms with E-state index in [1.807, 2.05) is 86.6 Å². The molecule has 3 rings (SSSR count). The number of pyridine rings is 1. The normalized spacial score (nSPS) is 12.7. The number of carbonyl (C=O) groups excluding carboxylic acids is 2. The minimum atomic E-state index is -0.766. The molecule has 2 aromatic carbocycles. The van der Waals surface area contributed by atoms with Crippen LogP contribution in [0.3, 0.4) is 0 Å². The Kier molecular flexibility index (Phi) is 11.3. The van der Waals surface area contributed by atoms with Crippen molar-refractivity contribution in [2.45, 2.75) is 51.8 Å². The van der Waals surface area contributed by atoms with Gasteiger partial charge in [0, 0.05) is 24.8 Å². The van der Waals surface area contributed by atoms with Gasteiger partial charge in [-0.1, -0.05) is 74.5 Å². The number of aliphatic hydroxyl groups is 1. The second-order valence-electron chi connectivity index (χ2n) is 9.76. The van der Waals surface area contributed by atoms with E-state index < -0.39 is 18.2 Å². The number of amides is 2. The highest BCUT2D eigenvalue weighted by Gasteiger charge is 2.25. The maximum Gasteiger partial charge on any atom is 0.407 e. The number of benzene rings is 2. The zero-order valence-electron chi connectivity index (χ0n) is 22.3. The number of rotatable bonds is 13. The van der Waals surface area contributed by atoms with Gasteiger partial charge in [-0.2, -0.15) is 0 Å². The van der Waals surface area contributed by atoms with Crippen LogP contribution in [0.2, 0.25) is 0 Å². The zero-order chi connectivity index (χ0) is 27.3. The Bertz CT molecular complexity index is 1120. The fourth-order valence-corrected chi connectivity index (χ4v) is 4.15. The summed E-state index contributed by atoms with van der Waals surface area (Å²) in [6.07, 6.45) is 2.15. The molecule has 0 radical (unpaired) electrons. The van der Waals surface area contributed by atoms with Gasteiger partial charge in [0.15, 0.2) is 0 Å². The number of ether oxygens (including phenoxy) is 1. The molecule has 0 aliphatic rings. The summed E-state index contributed by atoms with van der Waals surface area (Å²) in [5.41, 5.74) is 6.91. The number of aromatic nitrogens is 1. The molecule has 0 aliphatic carbocycles. The first kappa shape index (κ1) is 28.8. The van der Waals surface area contributed by atoms with Crippen molar-refractivity contribution >= 4 is 12.0 Å². The average Bonchev–Trinajstić information content (AvgIpc) is 2.92. The number of hydrogen-bond donors (Lipinski definition) is 3. The van der Waals surface area contributed by atoms with Crippen molar-refractivity contribution in [1.82, 2.24) is 20.7 Å². The second-order valence-corrected chi connectivity index (χ2v) is 9.76. The molecule has 38 heavy (non-hydrogen) atoms. The molecule has 2 atom stereocenters. The first-order valence-corrected chi connectivity index (χ1v) is 13.0. The average molecular weight is 519 g/mol. The molecular formula is C30H38N4O4. The third-order valence-corrected chi connectivity index (χ3v) is 6.10. The molecule has 202 valence electrons. The van der Waals surface area contributed by atoms with Crippen LogP contribution in [-0.4, -0.2) is 52.9 Å². The molecule has 0 aliphatic heterocycles. The first-order chi connectivity index (χ1) is 18.3. The lowest BCUT2D eigenvalue weighted by Crippen LogP contribution is -2.54. The van der Waals surface area contributed by atoms with Crippen LogP contribution in [0.5, 0.6) is 0 Å². The van der Waals surface area contributed by atoms with E-state index in [0.717, 1.165) is 28.8 Å². The summed E-state index contributed by atoms with van der Waals surface area (Å²) in [7, 11) is 1.27. The SMILES string of the molecule is COC(=O)N[C@@H](CC(C)C)C(=O)NN(Cc1ccc(-c2ccccn2)cc1)C[C@H](O)CCc1ccccc1. The highest BCUT2D eigenvalue weighted by atomic mass is 16.5. The van der Waals surface area contributed by atoms with Crippen molar-refractivity contribution < 1.29 is 19.4 Å². The lowest BCUT2D eigenvalue weighted by atomic mass is 10.0. The van der Waals surface area contributed by atoms with Crippen LogP contribution in [0.4, 0.5) is 4.79 Å². The van der Waals surface area contributed by atoms with E-state index in [-0.39, 0.29) is 18.4 Å². The molecule has 2 amide bonds. The summed E-state index contributed by atoms with van der Waals surface area (Å²) in [5, 5.41) is 15.2. The van der Waals surface area contributed by atoms with Crippen molar-refractivity contribution in [2.24, 2.45) is 5.92 Å². The molecule has 1 aromatic heterocycles. The third kappa shape index (κ3) is 9.61. The molecule has 0 saturated carbocycles. The minimum Gasteiger partial charge on any atom is -0.453 e. The van der Waals surface area contributed by atoms with Crippen LogP contribution in [0.25, 0.3) is 11.3 Å². The van der Waals surface area contributed by atoms with Crippen molar-refractivity contribution in [3.63, 3.8) is 0 Å². The lowest BCUT2D eigenvalue weighted by molar-refractivity contribution is -0.129. The largest absolute Gasteiger partial charge is 0.453 e. The Balaban J connectivity index is 1.72. The fraction of sp³-hybridized carbons (Fsp3) is 0.367. The van der Waals surface area contributed by atoms with E-state index in [2.05, 4.69) is 15.7 Å². The molecule has 0 bridgehead atoms. The number of aryl methyl sites for hydroxylation is 1. The Morgan fingerprint density at radius 1 is 0.974 bits per heavy atom. The first-order valence-electron chi connectivity index (χ1n) is 13.0. The van der Waals surface area contributed by atoms with Gasteiger partial charge in [0.1, 0.15) is 6.04 Å². The Hall–Kier alpha value is -3.75. The Morgan fingerprint density at radius 3 is 2.32 bits per heavy atom. The van der Waals surface area contributed by atoms with Crippen LogP contribution >= 0.6 is 0 Å². The van der Waals surface area contributed by atoms with E-state index in [9.17, 15) is 14.7 Å². The summed E-state index contributed by atoms with van der Waals surface area (Å²) < 4.78 is 4.71. The van der Waals surface area contributed by atoms with Gasteiger partial charge in [0.05, 0.1) is 18.9 Å². The van der Waals surface area contributed by atoms with Crippen molar-refractivity contribution in [2.75, 3.05) is 13.7 Å². The van der Waals surface area contributed by atoms with Crippen molar-refractivity contribution in [1.29, 1.82) is 0 Å². The van der Waals surface area contributed by atoms with E-state index >= 15 is 0 Å². The standard InChI is InChI=1S/C30H38N4O4/c1-22(2)19-28(32-30(37)38-3)29(36)33-34(21-26(35)17-14-23-9-5-4-6-10-23)20-24-12-15-25(16-13-24)27-11-7-8-18-31-27/h4-13,15-16,18,22,26,28,35H,14,17,19-21H2,1-3H3,(H,32,37)(H,33,36)/t26-,28+/m1/s1. The lowest BCUT2D eigenvalue weighted by Gasteiger charge is -2.28. The number of nitrogens with one attached hydrogen (secondary N) is 2. The van der Waals surface area contributed by atoms with Crippen LogP contribution in [0, 0.1) is 5.92 Å². The number of methoxy groups -OCH3 is 1. The number of hydrogen-bond acceptors (Lipinski definition) is 6. The number of aliphatic hydroxyl groups excluding tert-OH is 1. The third-order valence-electron chi connectivity index (χ3n) is 6.10. The topological polar surface area (TPSA) is 104 Å². The monoisotopic (exact) mass is 518 g/mol. The highest BCUT2D eigenvalue weighted by molar-refractivity contribution is 5.85. The summed E-state index contributed by atoms with van der Waals surface area (Å²) in [4.78, 5) is 29.5. The maximum absolute atomic E-state index is 13.2. The highest BCUT2D eigenvalue weighted by Crippen LogP contribution is 2.18. The molecule has 3 N–H and O–H groups in total. The van der Waals surface area contributed by atoms with E-state index in [4.69, 9.17) is 4.74 Å². The zero-order valence-corrected chi connectivity index (χ0v) is 22.3. The van der Waals surface area contributed by atoms with Gasteiger partial charge in [-0.05, 0) is 48.4 Å². The predicted molar refractivity (Wildman–Crippen MR) is 148 cm³/mol. The quantitative estimate of drug-likeness (QED) is 0.291. The van der Waals surface area contributed by atoms with Gasteiger partial charge in [0.2, 0.25) is 0 Å². The van der Waals surface area contributed by atoms with Crippen molar-refractivity contribution in [3.8, 4) is 11.3 Å². The molecule has 0 fully saturated rings. The van der Waals surface area contributed by atoms with E-state index in [0.29, 0.717) is 19.4 Å². The van der Waals surface area contributed by atoms with Gasteiger partial charge >= 0.3 is 6.09 Å². The van der Waals surface area contributed by atoms with Gasteiger partial charge in [-0.3, -0.25) is 15.2 Å².